The van der Waals surface area contributed by atoms with Crippen molar-refractivity contribution in [2.24, 2.45) is 4.99 Å². The minimum absolute atomic E-state index is 0.332. The van der Waals surface area contributed by atoms with Gasteiger partial charge in [-0.15, -0.1) is 0 Å². The molecule has 1 fully saturated rings. The van der Waals surface area contributed by atoms with E-state index in [4.69, 9.17) is 4.74 Å². The highest BCUT2D eigenvalue weighted by Crippen LogP contribution is 2.23. The summed E-state index contributed by atoms with van der Waals surface area (Å²) in [6.45, 7) is 1.53. The van der Waals surface area contributed by atoms with Gasteiger partial charge in [-0.25, -0.2) is 4.98 Å². The predicted octanol–water partition coefficient (Wildman–Crippen LogP) is 3.31. The molecule has 0 saturated heterocycles. The number of aromatic nitrogens is 1. The van der Waals surface area contributed by atoms with Gasteiger partial charge in [0.25, 0.3) is 0 Å². The molecule has 1 aromatic heterocycles. The van der Waals surface area contributed by atoms with Crippen molar-refractivity contribution < 1.29 is 4.74 Å². The van der Waals surface area contributed by atoms with Gasteiger partial charge in [0.1, 0.15) is 6.10 Å². The minimum Gasteiger partial charge on any atom is -0.474 e. The van der Waals surface area contributed by atoms with E-state index < -0.39 is 0 Å². The van der Waals surface area contributed by atoms with E-state index in [9.17, 15) is 0 Å². The van der Waals surface area contributed by atoms with Crippen LogP contribution in [-0.4, -0.2) is 30.6 Å². The number of nitrogens with one attached hydrogen (secondary N) is 2. The van der Waals surface area contributed by atoms with Crippen molar-refractivity contribution in [3.63, 3.8) is 0 Å². The molecule has 138 valence electrons. The van der Waals surface area contributed by atoms with Gasteiger partial charge in [0.05, 0.1) is 0 Å². The van der Waals surface area contributed by atoms with E-state index in [1.807, 2.05) is 24.4 Å². The standard InChI is InChI=1S/C21H28N4O/c1-22-21(24-14-11-17-7-3-2-4-8-17)25-16-18-12-13-23-20(15-18)26-19-9-5-6-10-19/h2-4,7-8,12-13,15,19H,5-6,9-11,14,16H2,1H3,(H2,22,24,25). The molecule has 0 unspecified atom stereocenters. The second kappa shape index (κ2) is 9.80. The molecule has 0 atom stereocenters. The minimum atomic E-state index is 0.332. The lowest BCUT2D eigenvalue weighted by Crippen LogP contribution is -2.37. The lowest BCUT2D eigenvalue weighted by molar-refractivity contribution is 0.201. The predicted molar refractivity (Wildman–Crippen MR) is 105 cm³/mol. The fourth-order valence-corrected chi connectivity index (χ4v) is 3.18. The largest absolute Gasteiger partial charge is 0.474 e. The van der Waals surface area contributed by atoms with Gasteiger partial charge in [-0.3, -0.25) is 4.99 Å². The van der Waals surface area contributed by atoms with E-state index in [0.717, 1.165) is 43.2 Å². The second-order valence-electron chi connectivity index (χ2n) is 6.61. The summed E-state index contributed by atoms with van der Waals surface area (Å²) < 4.78 is 5.98. The van der Waals surface area contributed by atoms with Crippen molar-refractivity contribution in [1.82, 2.24) is 15.6 Å². The summed E-state index contributed by atoms with van der Waals surface area (Å²) in [5.41, 5.74) is 2.46. The summed E-state index contributed by atoms with van der Waals surface area (Å²) in [5, 5.41) is 6.70. The quantitative estimate of drug-likeness (QED) is 0.593. The number of ether oxygens (including phenoxy) is 1. The number of aliphatic imine (C=N–C) groups is 1. The van der Waals surface area contributed by atoms with Crippen molar-refractivity contribution in [3.05, 3.63) is 59.8 Å². The van der Waals surface area contributed by atoms with Crippen molar-refractivity contribution >= 4 is 5.96 Å². The molecule has 0 spiro atoms. The maximum absolute atomic E-state index is 5.98. The number of nitrogens with zero attached hydrogens (tertiary/aromatic N) is 2. The third kappa shape index (κ3) is 5.76. The van der Waals surface area contributed by atoms with Crippen molar-refractivity contribution in [2.75, 3.05) is 13.6 Å². The van der Waals surface area contributed by atoms with Crippen LogP contribution in [0.15, 0.2) is 53.7 Å². The van der Waals surface area contributed by atoms with Crippen LogP contribution in [0.4, 0.5) is 0 Å². The Labute approximate surface area is 155 Å². The Morgan fingerprint density at radius 2 is 1.92 bits per heavy atom. The monoisotopic (exact) mass is 352 g/mol. The molecule has 2 N–H and O–H groups in total. The van der Waals surface area contributed by atoms with E-state index in [-0.39, 0.29) is 0 Å². The van der Waals surface area contributed by atoms with Crippen LogP contribution in [0.3, 0.4) is 0 Å². The van der Waals surface area contributed by atoms with Crippen LogP contribution in [0.2, 0.25) is 0 Å². The van der Waals surface area contributed by atoms with Gasteiger partial charge >= 0.3 is 0 Å². The highest BCUT2D eigenvalue weighted by atomic mass is 16.5. The normalized spacial score (nSPS) is 15.0. The first kappa shape index (κ1) is 18.2. The Hall–Kier alpha value is -2.56. The van der Waals surface area contributed by atoms with Crippen LogP contribution < -0.4 is 15.4 Å². The van der Waals surface area contributed by atoms with Crippen LogP contribution in [-0.2, 0) is 13.0 Å². The summed E-state index contributed by atoms with van der Waals surface area (Å²) in [6, 6.07) is 14.5. The number of hydrogen-bond donors (Lipinski definition) is 2. The third-order valence-corrected chi connectivity index (χ3v) is 4.62. The Bertz CT molecular complexity index is 696. The third-order valence-electron chi connectivity index (χ3n) is 4.62. The molecule has 2 aromatic rings. The van der Waals surface area contributed by atoms with Gasteiger partial charge in [0, 0.05) is 32.4 Å². The average Bonchev–Trinajstić information content (AvgIpc) is 3.18. The molecule has 5 heteroatoms. The maximum atomic E-state index is 5.98. The molecule has 0 aliphatic heterocycles. The van der Waals surface area contributed by atoms with Gasteiger partial charge in [-0.1, -0.05) is 30.3 Å². The van der Waals surface area contributed by atoms with Crippen LogP contribution in [0.25, 0.3) is 0 Å². The Morgan fingerprint density at radius 3 is 2.69 bits per heavy atom. The molecule has 1 aromatic carbocycles. The Kier molecular flexibility index (Phi) is 6.88. The first-order valence-corrected chi connectivity index (χ1v) is 9.43. The zero-order chi connectivity index (χ0) is 18.0. The fourth-order valence-electron chi connectivity index (χ4n) is 3.18. The van der Waals surface area contributed by atoms with Crippen LogP contribution in [0, 0.1) is 0 Å². The van der Waals surface area contributed by atoms with E-state index >= 15 is 0 Å². The second-order valence-corrected chi connectivity index (χ2v) is 6.61. The highest BCUT2D eigenvalue weighted by Gasteiger charge is 2.17. The van der Waals surface area contributed by atoms with E-state index in [0.29, 0.717) is 12.6 Å². The first-order valence-electron chi connectivity index (χ1n) is 9.43. The summed E-state index contributed by atoms with van der Waals surface area (Å²) in [6.07, 6.45) is 7.92. The zero-order valence-corrected chi connectivity index (χ0v) is 15.4. The van der Waals surface area contributed by atoms with Crippen molar-refractivity contribution in [3.8, 4) is 5.88 Å². The van der Waals surface area contributed by atoms with Gasteiger partial charge in [0.15, 0.2) is 5.96 Å². The van der Waals surface area contributed by atoms with E-state index in [1.54, 1.807) is 7.05 Å². The van der Waals surface area contributed by atoms with Gasteiger partial charge in [0.2, 0.25) is 5.88 Å². The first-order chi connectivity index (χ1) is 12.8. The lowest BCUT2D eigenvalue weighted by atomic mass is 10.1. The molecule has 0 bridgehead atoms. The van der Waals surface area contributed by atoms with E-state index in [2.05, 4.69) is 44.9 Å². The molecule has 3 rings (SSSR count). The Balaban J connectivity index is 1.44. The number of pyridine rings is 1. The van der Waals surface area contributed by atoms with Crippen LogP contribution >= 0.6 is 0 Å². The average molecular weight is 352 g/mol. The maximum Gasteiger partial charge on any atom is 0.213 e. The van der Waals surface area contributed by atoms with Gasteiger partial charge < -0.3 is 15.4 Å². The van der Waals surface area contributed by atoms with E-state index in [1.165, 1.54) is 18.4 Å². The van der Waals surface area contributed by atoms with Crippen molar-refractivity contribution in [1.29, 1.82) is 0 Å². The van der Waals surface area contributed by atoms with Crippen LogP contribution in [0.1, 0.15) is 36.8 Å². The lowest BCUT2D eigenvalue weighted by Gasteiger charge is -2.14. The van der Waals surface area contributed by atoms with Crippen LogP contribution in [0.5, 0.6) is 5.88 Å². The number of rotatable bonds is 7. The summed E-state index contributed by atoms with van der Waals surface area (Å²) in [4.78, 5) is 8.62. The van der Waals surface area contributed by atoms with Gasteiger partial charge in [-0.2, -0.15) is 0 Å². The summed E-state index contributed by atoms with van der Waals surface area (Å²) >= 11 is 0. The molecule has 1 saturated carbocycles. The van der Waals surface area contributed by atoms with Crippen molar-refractivity contribution in [2.45, 2.75) is 44.8 Å². The number of hydrogen-bond acceptors (Lipinski definition) is 3. The molecule has 0 radical (unpaired) electrons. The van der Waals surface area contributed by atoms with Gasteiger partial charge in [-0.05, 0) is 49.3 Å². The summed E-state index contributed by atoms with van der Waals surface area (Å²) in [5.74, 6) is 1.53. The molecule has 5 nitrogen and oxygen atoms in total. The molecule has 1 aliphatic carbocycles. The highest BCUT2D eigenvalue weighted by molar-refractivity contribution is 5.79. The molecular formula is C21H28N4O. The molecular weight excluding hydrogens is 324 g/mol. The molecule has 1 aliphatic rings. The molecule has 1 heterocycles. The smallest absolute Gasteiger partial charge is 0.213 e. The fraction of sp³-hybridized carbons (Fsp3) is 0.429. The SMILES string of the molecule is CN=C(NCCc1ccccc1)NCc1ccnc(OC2CCCC2)c1. The topological polar surface area (TPSA) is 58.5 Å². The zero-order valence-electron chi connectivity index (χ0n) is 15.4. The number of benzene rings is 1. The number of guanidine groups is 1. The molecule has 0 amide bonds. The molecule has 26 heavy (non-hydrogen) atoms. The Morgan fingerprint density at radius 1 is 1.12 bits per heavy atom. The summed E-state index contributed by atoms with van der Waals surface area (Å²) in [7, 11) is 1.79.